The van der Waals surface area contributed by atoms with Crippen LogP contribution in [0, 0.1) is 0 Å². The summed E-state index contributed by atoms with van der Waals surface area (Å²) in [6, 6.07) is 0. The first kappa shape index (κ1) is 15.5. The summed E-state index contributed by atoms with van der Waals surface area (Å²) in [7, 11) is 0.0392. The average molecular weight is 292 g/mol. The van der Waals surface area contributed by atoms with Crippen molar-refractivity contribution in [1.29, 1.82) is 0 Å². The molecule has 1 heterocycles. The molecule has 0 saturated carbocycles. The van der Waals surface area contributed by atoms with Gasteiger partial charge in [-0.05, 0) is 13.3 Å². The minimum atomic E-state index is -3.40. The van der Waals surface area contributed by atoms with Gasteiger partial charge in [0.05, 0.1) is 12.7 Å². The molecule has 104 valence electrons. The van der Waals surface area contributed by atoms with Gasteiger partial charge in [-0.15, -0.1) is 0 Å². The van der Waals surface area contributed by atoms with Crippen molar-refractivity contribution < 1.29 is 8.42 Å². The summed E-state index contributed by atoms with van der Waals surface area (Å²) in [6.45, 7) is 1.91. The molecule has 0 aliphatic carbocycles. The third kappa shape index (κ3) is 3.98. The highest BCUT2D eigenvalue weighted by atomic mass is 32.2. The second-order valence-electron chi connectivity index (χ2n) is 3.86. The molecule has 8 heteroatoms. The smallest absolute Gasteiger partial charge is 0.245 e. The fraction of sp³-hybridized carbons (Fsp3) is 0.700. The molecular formula is C10H20N4O2S2. The molecule has 6 nitrogen and oxygen atoms in total. The van der Waals surface area contributed by atoms with Crippen molar-refractivity contribution in [2.45, 2.75) is 11.4 Å². The molecule has 0 aliphatic rings. The highest BCUT2D eigenvalue weighted by Gasteiger charge is 2.21. The summed E-state index contributed by atoms with van der Waals surface area (Å²) >= 11 is 1.62. The van der Waals surface area contributed by atoms with Gasteiger partial charge in [-0.1, -0.05) is 0 Å². The van der Waals surface area contributed by atoms with Crippen LogP contribution in [0.4, 0.5) is 0 Å². The third-order valence-electron chi connectivity index (χ3n) is 2.52. The highest BCUT2D eigenvalue weighted by Crippen LogP contribution is 2.13. The molecule has 0 aromatic carbocycles. The van der Waals surface area contributed by atoms with E-state index >= 15 is 0 Å². The van der Waals surface area contributed by atoms with Gasteiger partial charge >= 0.3 is 0 Å². The Kier molecular flexibility index (Phi) is 6.13. The molecular weight excluding hydrogens is 272 g/mol. The number of hydrogen-bond donors (Lipinski definition) is 1. The van der Waals surface area contributed by atoms with Gasteiger partial charge in [0.25, 0.3) is 0 Å². The summed E-state index contributed by atoms with van der Waals surface area (Å²) in [5, 5.41) is 7.04. The maximum atomic E-state index is 12.2. The van der Waals surface area contributed by atoms with Gasteiger partial charge < -0.3 is 5.32 Å². The monoisotopic (exact) mass is 292 g/mol. The summed E-state index contributed by atoms with van der Waals surface area (Å²) < 4.78 is 27.3. The van der Waals surface area contributed by atoms with Crippen LogP contribution in [0.25, 0.3) is 0 Å². The molecule has 0 amide bonds. The van der Waals surface area contributed by atoms with E-state index in [-0.39, 0.29) is 4.90 Å². The molecule has 0 fully saturated rings. The number of hydrogen-bond acceptors (Lipinski definition) is 5. The second-order valence-corrected chi connectivity index (χ2v) is 6.89. The molecule has 1 rings (SSSR count). The standard InChI is InChI=1S/C10H20N4O2S2/c1-11-4-5-14-9-10(8-12-14)18(15,16)13(2)6-7-17-3/h8-9,11H,4-7H2,1-3H3. The maximum absolute atomic E-state index is 12.2. The molecule has 0 spiro atoms. The van der Waals surface area contributed by atoms with Crippen LogP contribution in [0.1, 0.15) is 0 Å². The third-order valence-corrected chi connectivity index (χ3v) is 4.92. The van der Waals surface area contributed by atoms with E-state index < -0.39 is 10.0 Å². The van der Waals surface area contributed by atoms with E-state index in [1.165, 1.54) is 10.5 Å². The van der Waals surface area contributed by atoms with Crippen LogP contribution in [0.2, 0.25) is 0 Å². The maximum Gasteiger partial charge on any atom is 0.245 e. The Morgan fingerprint density at radius 2 is 2.28 bits per heavy atom. The van der Waals surface area contributed by atoms with Crippen molar-refractivity contribution in [3.05, 3.63) is 12.4 Å². The lowest BCUT2D eigenvalue weighted by Gasteiger charge is -2.14. The van der Waals surface area contributed by atoms with E-state index in [4.69, 9.17) is 0 Å². The average Bonchev–Trinajstić information content (AvgIpc) is 2.82. The second kappa shape index (κ2) is 7.13. The lowest BCUT2D eigenvalue weighted by Crippen LogP contribution is -2.28. The van der Waals surface area contributed by atoms with Crippen molar-refractivity contribution in [2.24, 2.45) is 0 Å². The normalized spacial score (nSPS) is 12.2. The van der Waals surface area contributed by atoms with Gasteiger partial charge in [-0.2, -0.15) is 16.9 Å². The topological polar surface area (TPSA) is 67.2 Å². The minimum Gasteiger partial charge on any atom is -0.318 e. The number of nitrogens with zero attached hydrogens (tertiary/aromatic N) is 3. The SMILES string of the molecule is CNCCn1cc(S(=O)(=O)N(C)CCSC)cn1. The van der Waals surface area contributed by atoms with E-state index in [1.807, 2.05) is 13.3 Å². The number of sulfonamides is 1. The van der Waals surface area contributed by atoms with Crippen molar-refractivity contribution in [3.8, 4) is 0 Å². The van der Waals surface area contributed by atoms with Gasteiger partial charge in [0.2, 0.25) is 10.0 Å². The van der Waals surface area contributed by atoms with Crippen molar-refractivity contribution in [3.63, 3.8) is 0 Å². The zero-order chi connectivity index (χ0) is 13.6. The Morgan fingerprint density at radius 3 is 2.89 bits per heavy atom. The van der Waals surface area contributed by atoms with Crippen molar-refractivity contribution in [1.82, 2.24) is 19.4 Å². The van der Waals surface area contributed by atoms with Crippen LogP contribution >= 0.6 is 11.8 Å². The first-order valence-electron chi connectivity index (χ1n) is 5.64. The van der Waals surface area contributed by atoms with E-state index in [0.717, 1.165) is 12.3 Å². The summed E-state index contributed by atoms with van der Waals surface area (Å²) in [4.78, 5) is 0.252. The first-order chi connectivity index (χ1) is 8.52. The Hall–Kier alpha value is -0.570. The van der Waals surface area contributed by atoms with E-state index in [9.17, 15) is 8.42 Å². The van der Waals surface area contributed by atoms with Gasteiger partial charge in [0, 0.05) is 32.1 Å². The summed E-state index contributed by atoms with van der Waals surface area (Å²) in [6.07, 6.45) is 4.93. The predicted molar refractivity (Wildman–Crippen MR) is 74.4 cm³/mol. The first-order valence-corrected chi connectivity index (χ1v) is 8.48. The molecule has 1 aromatic heterocycles. The van der Waals surface area contributed by atoms with Gasteiger partial charge in [0.1, 0.15) is 4.90 Å². The number of likely N-dealkylation sites (N-methyl/N-ethyl adjacent to an activating group) is 1. The molecule has 0 aliphatic heterocycles. The zero-order valence-electron chi connectivity index (χ0n) is 11.0. The lowest BCUT2D eigenvalue weighted by atomic mass is 10.6. The van der Waals surface area contributed by atoms with E-state index in [2.05, 4.69) is 10.4 Å². The van der Waals surface area contributed by atoms with Crippen LogP contribution in [0.5, 0.6) is 0 Å². The van der Waals surface area contributed by atoms with Crippen molar-refractivity contribution in [2.75, 3.05) is 39.2 Å². The quantitative estimate of drug-likeness (QED) is 0.735. The molecule has 0 unspecified atom stereocenters. The summed E-state index contributed by atoms with van der Waals surface area (Å²) in [5.41, 5.74) is 0. The molecule has 0 radical (unpaired) electrons. The predicted octanol–water partition coefficient (Wildman–Crippen LogP) is 0.0860. The largest absolute Gasteiger partial charge is 0.318 e. The molecule has 0 atom stereocenters. The number of rotatable bonds is 8. The van der Waals surface area contributed by atoms with E-state index in [1.54, 1.807) is 29.7 Å². The lowest BCUT2D eigenvalue weighted by molar-refractivity contribution is 0.488. The Balaban J connectivity index is 2.75. The summed E-state index contributed by atoms with van der Waals surface area (Å²) in [5.74, 6) is 0.781. The zero-order valence-corrected chi connectivity index (χ0v) is 12.6. The van der Waals surface area contributed by atoms with Crippen LogP contribution < -0.4 is 5.32 Å². The van der Waals surface area contributed by atoms with Crippen LogP contribution in [0.15, 0.2) is 17.3 Å². The van der Waals surface area contributed by atoms with Crippen LogP contribution in [0.3, 0.4) is 0 Å². The molecule has 0 saturated heterocycles. The Labute approximate surface area is 113 Å². The molecule has 1 N–H and O–H groups in total. The molecule has 0 bridgehead atoms. The van der Waals surface area contributed by atoms with Gasteiger partial charge in [-0.3, -0.25) is 4.68 Å². The fourth-order valence-electron chi connectivity index (χ4n) is 1.35. The molecule has 1 aromatic rings. The number of thioether (sulfide) groups is 1. The molecule has 18 heavy (non-hydrogen) atoms. The van der Waals surface area contributed by atoms with Gasteiger partial charge in [0.15, 0.2) is 0 Å². The minimum absolute atomic E-state index is 0.252. The number of nitrogens with one attached hydrogen (secondary N) is 1. The Bertz CT molecular complexity index is 458. The Morgan fingerprint density at radius 1 is 1.56 bits per heavy atom. The number of aromatic nitrogens is 2. The van der Waals surface area contributed by atoms with E-state index in [0.29, 0.717) is 13.1 Å². The van der Waals surface area contributed by atoms with Crippen molar-refractivity contribution >= 4 is 21.8 Å². The van der Waals surface area contributed by atoms with Crippen LogP contribution in [-0.2, 0) is 16.6 Å². The highest BCUT2D eigenvalue weighted by molar-refractivity contribution is 7.98. The van der Waals surface area contributed by atoms with Gasteiger partial charge in [-0.25, -0.2) is 12.7 Å². The fourth-order valence-corrected chi connectivity index (χ4v) is 3.05. The van der Waals surface area contributed by atoms with Crippen LogP contribution in [-0.4, -0.2) is 61.7 Å².